The van der Waals surface area contributed by atoms with Gasteiger partial charge in [0, 0.05) is 25.4 Å². The number of hydrogen-bond donors (Lipinski definition) is 2. The first-order valence-electron chi connectivity index (χ1n) is 5.59. The normalized spacial score (nSPS) is 23.3. The van der Waals surface area contributed by atoms with E-state index in [1.165, 1.54) is 0 Å². The van der Waals surface area contributed by atoms with Crippen molar-refractivity contribution in [3.05, 3.63) is 24.7 Å². The quantitative estimate of drug-likeness (QED) is 0.816. The maximum Gasteiger partial charge on any atom is 0.331 e. The Labute approximate surface area is 102 Å². The van der Waals surface area contributed by atoms with Crippen LogP contribution in [-0.2, 0) is 9.53 Å². The van der Waals surface area contributed by atoms with Crippen LogP contribution in [0.4, 0.5) is 5.82 Å². The zero-order valence-electron chi connectivity index (χ0n) is 9.54. The van der Waals surface area contributed by atoms with Crippen LogP contribution in [0.5, 0.6) is 0 Å². The summed E-state index contributed by atoms with van der Waals surface area (Å²) in [5.74, 6) is -0.425. The molecular weight excluding hydrogens is 236 g/mol. The van der Waals surface area contributed by atoms with E-state index in [4.69, 9.17) is 4.74 Å². The Morgan fingerprint density at radius 3 is 3.17 bits per heavy atom. The Bertz CT molecular complexity index is 589. The van der Waals surface area contributed by atoms with E-state index in [0.29, 0.717) is 18.8 Å². The standard InChI is InChI=1S/C11H12N4O3/c16-10(17)11(2-6-18-7-11)14-9-8-1-3-13-15(8)5-4-12-9/h1,3-5H,2,6-7H2,(H,12,14)(H,16,17). The minimum Gasteiger partial charge on any atom is -0.479 e. The lowest BCUT2D eigenvalue weighted by Gasteiger charge is -2.24. The number of rotatable bonds is 3. The molecule has 2 N–H and O–H groups in total. The van der Waals surface area contributed by atoms with Crippen LogP contribution in [0.25, 0.3) is 5.52 Å². The van der Waals surface area contributed by atoms with E-state index in [1.54, 1.807) is 29.2 Å². The van der Waals surface area contributed by atoms with Crippen molar-refractivity contribution in [2.45, 2.75) is 12.0 Å². The molecule has 0 radical (unpaired) electrons. The average Bonchev–Trinajstić information content (AvgIpc) is 2.98. The third kappa shape index (κ3) is 1.60. The third-order valence-corrected chi connectivity index (χ3v) is 3.11. The molecule has 1 atom stereocenters. The number of carboxylic acid groups (broad SMARTS) is 1. The monoisotopic (exact) mass is 248 g/mol. The molecule has 1 saturated heterocycles. The van der Waals surface area contributed by atoms with Gasteiger partial charge in [0.1, 0.15) is 5.52 Å². The van der Waals surface area contributed by atoms with Gasteiger partial charge in [-0.25, -0.2) is 14.3 Å². The summed E-state index contributed by atoms with van der Waals surface area (Å²) in [5, 5.41) is 16.4. The SMILES string of the molecule is O=C(O)C1(Nc2nccn3nccc23)CCOC1. The lowest BCUT2D eigenvalue weighted by molar-refractivity contribution is -0.142. The van der Waals surface area contributed by atoms with Crippen LogP contribution in [0.2, 0.25) is 0 Å². The minimum absolute atomic E-state index is 0.138. The highest BCUT2D eigenvalue weighted by molar-refractivity contribution is 5.85. The van der Waals surface area contributed by atoms with Crippen molar-refractivity contribution in [3.8, 4) is 0 Å². The zero-order chi connectivity index (χ0) is 12.6. The molecule has 18 heavy (non-hydrogen) atoms. The van der Waals surface area contributed by atoms with Crippen molar-refractivity contribution in [2.75, 3.05) is 18.5 Å². The molecule has 94 valence electrons. The lowest BCUT2D eigenvalue weighted by atomic mass is 9.99. The molecule has 1 aliphatic heterocycles. The number of fused-ring (bicyclic) bond motifs is 1. The van der Waals surface area contributed by atoms with Gasteiger partial charge in [-0.05, 0) is 6.07 Å². The fourth-order valence-corrected chi connectivity index (χ4v) is 2.07. The second kappa shape index (κ2) is 3.95. The average molecular weight is 248 g/mol. The maximum absolute atomic E-state index is 11.4. The Morgan fingerprint density at radius 2 is 2.44 bits per heavy atom. The Balaban J connectivity index is 2.00. The van der Waals surface area contributed by atoms with Gasteiger partial charge in [0.05, 0.1) is 12.8 Å². The summed E-state index contributed by atoms with van der Waals surface area (Å²) in [6, 6.07) is 1.78. The van der Waals surface area contributed by atoms with Crippen LogP contribution in [-0.4, -0.2) is 44.4 Å². The molecule has 7 nitrogen and oxygen atoms in total. The molecule has 0 aromatic carbocycles. The van der Waals surface area contributed by atoms with Gasteiger partial charge in [-0.3, -0.25) is 0 Å². The Kier molecular flexibility index (Phi) is 2.41. The van der Waals surface area contributed by atoms with Gasteiger partial charge in [0.2, 0.25) is 0 Å². The second-order valence-electron chi connectivity index (χ2n) is 4.25. The predicted octanol–water partition coefficient (Wildman–Crippen LogP) is 0.385. The zero-order valence-corrected chi connectivity index (χ0v) is 9.54. The number of nitrogens with one attached hydrogen (secondary N) is 1. The predicted molar refractivity (Wildman–Crippen MR) is 62.4 cm³/mol. The van der Waals surface area contributed by atoms with Gasteiger partial charge >= 0.3 is 5.97 Å². The number of ether oxygens (including phenoxy) is 1. The van der Waals surface area contributed by atoms with Crippen LogP contribution in [0, 0.1) is 0 Å². The first-order chi connectivity index (χ1) is 8.71. The van der Waals surface area contributed by atoms with E-state index < -0.39 is 11.5 Å². The smallest absolute Gasteiger partial charge is 0.331 e. The van der Waals surface area contributed by atoms with Gasteiger partial charge in [0.25, 0.3) is 0 Å². The van der Waals surface area contributed by atoms with Gasteiger partial charge in [-0.2, -0.15) is 5.10 Å². The molecule has 0 spiro atoms. The number of carboxylic acids is 1. The fourth-order valence-electron chi connectivity index (χ4n) is 2.07. The van der Waals surface area contributed by atoms with Crippen molar-refractivity contribution in [1.29, 1.82) is 0 Å². The van der Waals surface area contributed by atoms with Crippen molar-refractivity contribution in [2.24, 2.45) is 0 Å². The van der Waals surface area contributed by atoms with Gasteiger partial charge in [-0.15, -0.1) is 0 Å². The summed E-state index contributed by atoms with van der Waals surface area (Å²) >= 11 is 0. The molecule has 0 amide bonds. The van der Waals surface area contributed by atoms with Gasteiger partial charge < -0.3 is 15.2 Å². The first-order valence-corrected chi connectivity index (χ1v) is 5.59. The molecule has 1 fully saturated rings. The number of anilines is 1. The Morgan fingerprint density at radius 1 is 1.56 bits per heavy atom. The molecule has 1 unspecified atom stereocenters. The third-order valence-electron chi connectivity index (χ3n) is 3.11. The van der Waals surface area contributed by atoms with Crippen LogP contribution >= 0.6 is 0 Å². The topological polar surface area (TPSA) is 88.8 Å². The largest absolute Gasteiger partial charge is 0.479 e. The molecule has 0 aliphatic carbocycles. The highest BCUT2D eigenvalue weighted by Crippen LogP contribution is 2.25. The summed E-state index contributed by atoms with van der Waals surface area (Å²) in [5.41, 5.74) is -0.357. The molecule has 3 rings (SSSR count). The fraction of sp³-hybridized carbons (Fsp3) is 0.364. The molecular formula is C11H12N4O3. The van der Waals surface area contributed by atoms with E-state index >= 15 is 0 Å². The number of aromatic nitrogens is 3. The number of nitrogens with zero attached hydrogens (tertiary/aromatic N) is 3. The summed E-state index contributed by atoms with van der Waals surface area (Å²) in [7, 11) is 0. The highest BCUT2D eigenvalue weighted by atomic mass is 16.5. The molecule has 3 heterocycles. The maximum atomic E-state index is 11.4. The summed E-state index contributed by atoms with van der Waals surface area (Å²) < 4.78 is 6.83. The van der Waals surface area contributed by atoms with Gasteiger partial charge in [-0.1, -0.05) is 0 Å². The molecule has 7 heteroatoms. The van der Waals surface area contributed by atoms with Crippen LogP contribution < -0.4 is 5.32 Å². The Hall–Kier alpha value is -2.15. The minimum atomic E-state index is -1.10. The van der Waals surface area contributed by atoms with E-state index in [2.05, 4.69) is 15.4 Å². The van der Waals surface area contributed by atoms with E-state index in [0.717, 1.165) is 5.52 Å². The van der Waals surface area contributed by atoms with Gasteiger partial charge in [0.15, 0.2) is 11.4 Å². The number of aliphatic carboxylic acids is 1. The first kappa shape index (κ1) is 11.0. The molecule has 2 aromatic rings. The van der Waals surface area contributed by atoms with Crippen molar-refractivity contribution >= 4 is 17.3 Å². The number of carbonyl (C=O) groups is 1. The van der Waals surface area contributed by atoms with Crippen molar-refractivity contribution < 1.29 is 14.6 Å². The van der Waals surface area contributed by atoms with E-state index in [9.17, 15) is 9.90 Å². The summed E-state index contributed by atoms with van der Waals surface area (Å²) in [6.07, 6.45) is 5.34. The van der Waals surface area contributed by atoms with E-state index in [1.807, 2.05) is 0 Å². The lowest BCUT2D eigenvalue weighted by Crippen LogP contribution is -2.47. The van der Waals surface area contributed by atoms with Crippen LogP contribution in [0.1, 0.15) is 6.42 Å². The van der Waals surface area contributed by atoms with E-state index in [-0.39, 0.29) is 6.61 Å². The summed E-state index contributed by atoms with van der Waals surface area (Å²) in [6.45, 7) is 0.570. The summed E-state index contributed by atoms with van der Waals surface area (Å²) in [4.78, 5) is 15.6. The number of hydrogen-bond acceptors (Lipinski definition) is 5. The molecule has 2 aromatic heterocycles. The molecule has 0 bridgehead atoms. The van der Waals surface area contributed by atoms with Crippen LogP contribution in [0.15, 0.2) is 24.7 Å². The van der Waals surface area contributed by atoms with Crippen LogP contribution in [0.3, 0.4) is 0 Å². The molecule has 1 aliphatic rings. The van der Waals surface area contributed by atoms with Crippen molar-refractivity contribution in [3.63, 3.8) is 0 Å². The second-order valence-corrected chi connectivity index (χ2v) is 4.25. The van der Waals surface area contributed by atoms with Crippen molar-refractivity contribution in [1.82, 2.24) is 14.6 Å². The highest BCUT2D eigenvalue weighted by Gasteiger charge is 2.43. The molecule has 0 saturated carbocycles.